The SMILES string of the molecule is CCN(Cc1nc2ccccc2c(=O)[nH]1)C(=O)Nc1c(C)cccc1C. The molecule has 0 radical (unpaired) electrons. The zero-order chi connectivity index (χ0) is 18.7. The number of aromatic amines is 1. The van der Waals surface area contributed by atoms with E-state index in [2.05, 4.69) is 15.3 Å². The molecule has 2 N–H and O–H groups in total. The van der Waals surface area contributed by atoms with Gasteiger partial charge in [-0.05, 0) is 44.0 Å². The molecule has 0 fully saturated rings. The number of hydrogen-bond donors (Lipinski definition) is 2. The first kappa shape index (κ1) is 17.7. The van der Waals surface area contributed by atoms with Gasteiger partial charge < -0.3 is 15.2 Å². The second-order valence-corrected chi connectivity index (χ2v) is 6.24. The number of carbonyl (C=O) groups is 1. The van der Waals surface area contributed by atoms with Crippen molar-refractivity contribution in [3.05, 3.63) is 69.8 Å². The molecular formula is C20H22N4O2. The van der Waals surface area contributed by atoms with Gasteiger partial charge in [0.2, 0.25) is 0 Å². The number of rotatable bonds is 4. The summed E-state index contributed by atoms with van der Waals surface area (Å²) < 4.78 is 0. The van der Waals surface area contributed by atoms with Crippen molar-refractivity contribution in [2.45, 2.75) is 27.3 Å². The quantitative estimate of drug-likeness (QED) is 0.755. The van der Waals surface area contributed by atoms with Crippen molar-refractivity contribution in [2.24, 2.45) is 0 Å². The van der Waals surface area contributed by atoms with Crippen LogP contribution in [0.1, 0.15) is 23.9 Å². The molecule has 2 aromatic carbocycles. The van der Waals surface area contributed by atoms with Gasteiger partial charge in [-0.15, -0.1) is 0 Å². The monoisotopic (exact) mass is 350 g/mol. The van der Waals surface area contributed by atoms with Crippen molar-refractivity contribution >= 4 is 22.6 Å². The van der Waals surface area contributed by atoms with Crippen LogP contribution >= 0.6 is 0 Å². The Balaban J connectivity index is 1.83. The van der Waals surface area contributed by atoms with Gasteiger partial charge in [-0.25, -0.2) is 9.78 Å². The molecule has 0 aliphatic carbocycles. The predicted molar refractivity (Wildman–Crippen MR) is 103 cm³/mol. The first-order valence-corrected chi connectivity index (χ1v) is 8.59. The van der Waals surface area contributed by atoms with Gasteiger partial charge in [-0.1, -0.05) is 30.3 Å². The Hall–Kier alpha value is -3.15. The molecule has 0 saturated carbocycles. The highest BCUT2D eigenvalue weighted by Crippen LogP contribution is 2.20. The van der Waals surface area contributed by atoms with Gasteiger partial charge >= 0.3 is 6.03 Å². The summed E-state index contributed by atoms with van der Waals surface area (Å²) in [7, 11) is 0. The minimum Gasteiger partial charge on any atom is -0.317 e. The Kier molecular flexibility index (Phi) is 5.02. The van der Waals surface area contributed by atoms with E-state index in [4.69, 9.17) is 0 Å². The number of urea groups is 1. The molecule has 6 nitrogen and oxygen atoms in total. The molecule has 2 amide bonds. The van der Waals surface area contributed by atoms with Crippen molar-refractivity contribution in [3.8, 4) is 0 Å². The molecule has 0 aliphatic heterocycles. The maximum atomic E-state index is 12.7. The lowest BCUT2D eigenvalue weighted by molar-refractivity contribution is 0.210. The number of fused-ring (bicyclic) bond motifs is 1. The van der Waals surface area contributed by atoms with Gasteiger partial charge in [0.1, 0.15) is 5.82 Å². The summed E-state index contributed by atoms with van der Waals surface area (Å²) in [5.74, 6) is 0.465. The molecule has 0 saturated heterocycles. The summed E-state index contributed by atoms with van der Waals surface area (Å²) in [6, 6.07) is 12.8. The number of anilines is 1. The molecule has 6 heteroatoms. The lowest BCUT2D eigenvalue weighted by Gasteiger charge is -2.22. The van der Waals surface area contributed by atoms with Gasteiger partial charge in [0.15, 0.2) is 0 Å². The van der Waals surface area contributed by atoms with E-state index in [9.17, 15) is 9.59 Å². The normalized spacial score (nSPS) is 10.7. The first-order chi connectivity index (χ1) is 12.5. The second-order valence-electron chi connectivity index (χ2n) is 6.24. The Labute approximate surface area is 151 Å². The van der Waals surface area contributed by atoms with Crippen molar-refractivity contribution in [1.82, 2.24) is 14.9 Å². The molecule has 0 bridgehead atoms. The standard InChI is InChI=1S/C20H22N4O2/c1-4-24(20(26)23-18-13(2)8-7-9-14(18)3)12-17-21-16-11-6-5-10-15(16)19(25)22-17/h5-11H,4,12H2,1-3H3,(H,23,26)(H,21,22,25). The second kappa shape index (κ2) is 7.39. The lowest BCUT2D eigenvalue weighted by atomic mass is 10.1. The summed E-state index contributed by atoms with van der Waals surface area (Å²) in [4.78, 5) is 33.8. The van der Waals surface area contributed by atoms with E-state index in [0.717, 1.165) is 16.8 Å². The zero-order valence-electron chi connectivity index (χ0n) is 15.2. The fourth-order valence-corrected chi connectivity index (χ4v) is 2.92. The number of nitrogens with one attached hydrogen (secondary N) is 2. The molecule has 3 rings (SSSR count). The fourth-order valence-electron chi connectivity index (χ4n) is 2.92. The van der Waals surface area contributed by atoms with Crippen LogP contribution in [-0.2, 0) is 6.54 Å². The van der Waals surface area contributed by atoms with Crippen molar-refractivity contribution in [1.29, 1.82) is 0 Å². The van der Waals surface area contributed by atoms with E-state index < -0.39 is 0 Å². The molecular weight excluding hydrogens is 328 g/mol. The Morgan fingerprint density at radius 3 is 2.50 bits per heavy atom. The third-order valence-corrected chi connectivity index (χ3v) is 4.38. The maximum Gasteiger partial charge on any atom is 0.322 e. The van der Waals surface area contributed by atoms with Crippen LogP contribution in [0.5, 0.6) is 0 Å². The summed E-state index contributed by atoms with van der Waals surface area (Å²) in [6.45, 7) is 6.53. The molecule has 1 heterocycles. The number of aryl methyl sites for hydroxylation is 2. The van der Waals surface area contributed by atoms with Crippen LogP contribution in [-0.4, -0.2) is 27.4 Å². The average Bonchev–Trinajstić information content (AvgIpc) is 2.63. The Morgan fingerprint density at radius 2 is 1.81 bits per heavy atom. The van der Waals surface area contributed by atoms with Crippen LogP contribution in [0.3, 0.4) is 0 Å². The molecule has 3 aromatic rings. The van der Waals surface area contributed by atoms with Gasteiger partial charge in [0.25, 0.3) is 5.56 Å². The highest BCUT2D eigenvalue weighted by atomic mass is 16.2. The van der Waals surface area contributed by atoms with E-state index in [1.165, 1.54) is 0 Å². The van der Waals surface area contributed by atoms with Crippen LogP contribution in [0, 0.1) is 13.8 Å². The maximum absolute atomic E-state index is 12.7. The third-order valence-electron chi connectivity index (χ3n) is 4.38. The van der Waals surface area contributed by atoms with Gasteiger partial charge in [0.05, 0.1) is 17.4 Å². The van der Waals surface area contributed by atoms with Gasteiger partial charge in [-0.2, -0.15) is 0 Å². The van der Waals surface area contributed by atoms with E-state index >= 15 is 0 Å². The molecule has 134 valence electrons. The van der Waals surface area contributed by atoms with Crippen LogP contribution in [0.2, 0.25) is 0 Å². The Morgan fingerprint density at radius 1 is 1.12 bits per heavy atom. The largest absolute Gasteiger partial charge is 0.322 e. The number of amides is 2. The highest BCUT2D eigenvalue weighted by Gasteiger charge is 2.16. The van der Waals surface area contributed by atoms with E-state index in [-0.39, 0.29) is 18.1 Å². The predicted octanol–water partition coefficient (Wildman–Crippen LogP) is 3.59. The minimum atomic E-state index is -0.222. The average molecular weight is 350 g/mol. The number of para-hydroxylation sites is 2. The number of carbonyl (C=O) groups excluding carboxylic acids is 1. The fraction of sp³-hybridized carbons (Fsp3) is 0.250. The number of H-pyrrole nitrogens is 1. The molecule has 26 heavy (non-hydrogen) atoms. The lowest BCUT2D eigenvalue weighted by Crippen LogP contribution is -2.35. The number of hydrogen-bond acceptors (Lipinski definition) is 3. The number of benzene rings is 2. The van der Waals surface area contributed by atoms with Crippen LogP contribution < -0.4 is 10.9 Å². The summed E-state index contributed by atoms with van der Waals surface area (Å²) in [5, 5.41) is 3.51. The van der Waals surface area contributed by atoms with E-state index in [0.29, 0.717) is 23.3 Å². The van der Waals surface area contributed by atoms with Crippen LogP contribution in [0.15, 0.2) is 47.3 Å². The molecule has 0 spiro atoms. The summed E-state index contributed by atoms with van der Waals surface area (Å²) in [6.07, 6.45) is 0. The number of nitrogens with zero attached hydrogens (tertiary/aromatic N) is 2. The van der Waals surface area contributed by atoms with E-state index in [1.807, 2.05) is 45.0 Å². The summed E-state index contributed by atoms with van der Waals surface area (Å²) in [5.41, 5.74) is 3.25. The van der Waals surface area contributed by atoms with Crippen LogP contribution in [0.4, 0.5) is 10.5 Å². The topological polar surface area (TPSA) is 78.1 Å². The smallest absolute Gasteiger partial charge is 0.317 e. The van der Waals surface area contributed by atoms with Gasteiger partial charge in [-0.3, -0.25) is 4.79 Å². The molecule has 0 atom stereocenters. The molecule has 0 aliphatic rings. The molecule has 1 aromatic heterocycles. The zero-order valence-corrected chi connectivity index (χ0v) is 15.2. The molecule has 0 unspecified atom stereocenters. The summed E-state index contributed by atoms with van der Waals surface area (Å²) >= 11 is 0. The van der Waals surface area contributed by atoms with Crippen LogP contribution in [0.25, 0.3) is 10.9 Å². The number of aromatic nitrogens is 2. The Bertz CT molecular complexity index is 990. The first-order valence-electron chi connectivity index (χ1n) is 8.59. The third kappa shape index (κ3) is 3.59. The van der Waals surface area contributed by atoms with Crippen molar-refractivity contribution < 1.29 is 4.79 Å². The van der Waals surface area contributed by atoms with Crippen molar-refractivity contribution in [3.63, 3.8) is 0 Å². The van der Waals surface area contributed by atoms with Crippen molar-refractivity contribution in [2.75, 3.05) is 11.9 Å². The van der Waals surface area contributed by atoms with E-state index in [1.54, 1.807) is 23.1 Å². The minimum absolute atomic E-state index is 0.197. The van der Waals surface area contributed by atoms with Gasteiger partial charge in [0, 0.05) is 12.2 Å². The highest BCUT2D eigenvalue weighted by molar-refractivity contribution is 5.91.